The van der Waals surface area contributed by atoms with Crippen LogP contribution in [0.3, 0.4) is 0 Å². The van der Waals surface area contributed by atoms with Crippen molar-refractivity contribution >= 4 is 11.7 Å². The van der Waals surface area contributed by atoms with Crippen molar-refractivity contribution in [3.63, 3.8) is 0 Å². The number of hydrogen-bond donors (Lipinski definition) is 1. The van der Waals surface area contributed by atoms with Gasteiger partial charge in [0.15, 0.2) is 0 Å². The molecule has 4 nitrogen and oxygen atoms in total. The molecule has 1 saturated heterocycles. The van der Waals surface area contributed by atoms with E-state index in [0.29, 0.717) is 13.1 Å². The summed E-state index contributed by atoms with van der Waals surface area (Å²) in [4.78, 5) is 14.1. The zero-order chi connectivity index (χ0) is 14.0. The Hall–Kier alpha value is -1.55. The molecule has 1 aromatic rings. The minimum Gasteiger partial charge on any atom is -0.372 e. The number of hydrogen-bond acceptors (Lipinski definition) is 2. The second-order valence-electron chi connectivity index (χ2n) is 5.41. The highest BCUT2D eigenvalue weighted by Crippen LogP contribution is 2.18. The molecule has 2 amide bonds. The number of urea groups is 1. The van der Waals surface area contributed by atoms with Gasteiger partial charge in [-0.2, -0.15) is 0 Å². The standard InChI is InChI=1S/C15H22N2O2/c1-10-5-6-11(2)14(7-10)16-15(18)17-8-12(3)19-13(4)9-17/h5-7,12-13H,8-9H2,1-4H3,(H,16,18)/t12-,13-/m0/s1. The number of aryl methyl sites for hydroxylation is 2. The van der Waals surface area contributed by atoms with Crippen LogP contribution in [0.15, 0.2) is 18.2 Å². The van der Waals surface area contributed by atoms with Gasteiger partial charge in [0, 0.05) is 18.8 Å². The van der Waals surface area contributed by atoms with Crippen molar-refractivity contribution < 1.29 is 9.53 Å². The summed E-state index contributed by atoms with van der Waals surface area (Å²) >= 11 is 0. The molecule has 2 rings (SSSR count). The maximum absolute atomic E-state index is 12.3. The molecule has 104 valence electrons. The van der Waals surface area contributed by atoms with Gasteiger partial charge >= 0.3 is 6.03 Å². The SMILES string of the molecule is Cc1ccc(C)c(NC(=O)N2C[C@H](C)O[C@@H](C)C2)c1. The molecule has 0 unspecified atom stereocenters. The largest absolute Gasteiger partial charge is 0.372 e. The summed E-state index contributed by atoms with van der Waals surface area (Å²) in [6.07, 6.45) is 0.182. The summed E-state index contributed by atoms with van der Waals surface area (Å²) in [5.41, 5.74) is 3.11. The summed E-state index contributed by atoms with van der Waals surface area (Å²) in [6.45, 7) is 9.29. The van der Waals surface area contributed by atoms with Gasteiger partial charge in [-0.05, 0) is 44.9 Å². The van der Waals surface area contributed by atoms with Crippen LogP contribution < -0.4 is 5.32 Å². The predicted octanol–water partition coefficient (Wildman–Crippen LogP) is 2.94. The number of rotatable bonds is 1. The molecule has 0 aliphatic carbocycles. The van der Waals surface area contributed by atoms with Crippen LogP contribution in [-0.4, -0.2) is 36.2 Å². The van der Waals surface area contributed by atoms with Crippen LogP contribution in [0.4, 0.5) is 10.5 Å². The van der Waals surface area contributed by atoms with Gasteiger partial charge in [-0.25, -0.2) is 4.79 Å². The van der Waals surface area contributed by atoms with E-state index in [4.69, 9.17) is 4.74 Å². The molecule has 0 aromatic heterocycles. The predicted molar refractivity (Wildman–Crippen MR) is 76.5 cm³/mol. The molecule has 1 aromatic carbocycles. The molecular weight excluding hydrogens is 240 g/mol. The summed E-state index contributed by atoms with van der Waals surface area (Å²) in [7, 11) is 0. The minimum atomic E-state index is -0.0456. The molecular formula is C15H22N2O2. The van der Waals surface area contributed by atoms with Crippen molar-refractivity contribution in [1.29, 1.82) is 0 Å². The van der Waals surface area contributed by atoms with E-state index in [2.05, 4.69) is 5.32 Å². The van der Waals surface area contributed by atoms with Crippen LogP contribution in [-0.2, 0) is 4.74 Å². The quantitative estimate of drug-likeness (QED) is 0.845. The molecule has 1 fully saturated rings. The molecule has 1 N–H and O–H groups in total. The fourth-order valence-electron chi connectivity index (χ4n) is 2.41. The van der Waals surface area contributed by atoms with Gasteiger partial charge in [0.25, 0.3) is 0 Å². The molecule has 2 atom stereocenters. The lowest BCUT2D eigenvalue weighted by Gasteiger charge is -2.35. The van der Waals surface area contributed by atoms with Gasteiger partial charge in [0.1, 0.15) is 0 Å². The van der Waals surface area contributed by atoms with Crippen LogP contribution in [0.1, 0.15) is 25.0 Å². The van der Waals surface area contributed by atoms with Crippen LogP contribution in [0.5, 0.6) is 0 Å². The molecule has 0 spiro atoms. The van der Waals surface area contributed by atoms with Gasteiger partial charge < -0.3 is 15.0 Å². The maximum Gasteiger partial charge on any atom is 0.322 e. The smallest absolute Gasteiger partial charge is 0.322 e. The molecule has 1 aliphatic rings. The van der Waals surface area contributed by atoms with Gasteiger partial charge in [-0.1, -0.05) is 12.1 Å². The van der Waals surface area contributed by atoms with Crippen molar-refractivity contribution in [3.05, 3.63) is 29.3 Å². The first kappa shape index (κ1) is 13.9. The van der Waals surface area contributed by atoms with Crippen LogP contribution in [0.25, 0.3) is 0 Å². The van der Waals surface area contributed by atoms with Crippen LogP contribution in [0.2, 0.25) is 0 Å². The number of benzene rings is 1. The zero-order valence-corrected chi connectivity index (χ0v) is 12.1. The number of nitrogens with one attached hydrogen (secondary N) is 1. The molecule has 19 heavy (non-hydrogen) atoms. The average molecular weight is 262 g/mol. The Morgan fingerprint density at radius 1 is 1.26 bits per heavy atom. The van der Waals surface area contributed by atoms with Crippen molar-refractivity contribution in [2.45, 2.75) is 39.9 Å². The van der Waals surface area contributed by atoms with E-state index < -0.39 is 0 Å². The lowest BCUT2D eigenvalue weighted by Crippen LogP contribution is -2.49. The normalized spacial score (nSPS) is 23.3. The monoisotopic (exact) mass is 262 g/mol. The third-order valence-corrected chi connectivity index (χ3v) is 3.34. The summed E-state index contributed by atoms with van der Waals surface area (Å²) in [5, 5.41) is 2.99. The third-order valence-electron chi connectivity index (χ3n) is 3.34. The van der Waals surface area contributed by atoms with Crippen LogP contribution >= 0.6 is 0 Å². The van der Waals surface area contributed by atoms with Gasteiger partial charge in [-0.3, -0.25) is 0 Å². The van der Waals surface area contributed by atoms with E-state index in [-0.39, 0.29) is 18.2 Å². The highest BCUT2D eigenvalue weighted by Gasteiger charge is 2.25. The molecule has 4 heteroatoms. The van der Waals surface area contributed by atoms with E-state index in [9.17, 15) is 4.79 Å². The summed E-state index contributed by atoms with van der Waals surface area (Å²) in [5.74, 6) is 0. The zero-order valence-electron chi connectivity index (χ0n) is 12.1. The van der Waals surface area contributed by atoms with Crippen molar-refractivity contribution in [3.8, 4) is 0 Å². The average Bonchev–Trinajstić information content (AvgIpc) is 2.32. The van der Waals surface area contributed by atoms with E-state index in [1.807, 2.05) is 50.8 Å². The van der Waals surface area contributed by atoms with E-state index in [1.165, 1.54) is 0 Å². The van der Waals surface area contributed by atoms with Crippen molar-refractivity contribution in [1.82, 2.24) is 4.90 Å². The van der Waals surface area contributed by atoms with Crippen molar-refractivity contribution in [2.24, 2.45) is 0 Å². The Balaban J connectivity index is 2.06. The van der Waals surface area contributed by atoms with Gasteiger partial charge in [-0.15, -0.1) is 0 Å². The fourth-order valence-corrected chi connectivity index (χ4v) is 2.41. The van der Waals surface area contributed by atoms with Gasteiger partial charge in [0.05, 0.1) is 12.2 Å². The van der Waals surface area contributed by atoms with E-state index in [0.717, 1.165) is 16.8 Å². The lowest BCUT2D eigenvalue weighted by atomic mass is 10.1. The second kappa shape index (κ2) is 5.61. The van der Waals surface area contributed by atoms with Crippen LogP contribution in [0, 0.1) is 13.8 Å². The highest BCUT2D eigenvalue weighted by atomic mass is 16.5. The van der Waals surface area contributed by atoms with E-state index in [1.54, 1.807) is 0 Å². The Bertz CT molecular complexity index is 463. The molecule has 1 aliphatic heterocycles. The topological polar surface area (TPSA) is 41.6 Å². The number of anilines is 1. The molecule has 0 bridgehead atoms. The number of carbonyl (C=O) groups is 1. The maximum atomic E-state index is 12.3. The molecule has 1 heterocycles. The summed E-state index contributed by atoms with van der Waals surface area (Å²) < 4.78 is 5.64. The Morgan fingerprint density at radius 3 is 2.53 bits per heavy atom. The van der Waals surface area contributed by atoms with Crippen molar-refractivity contribution in [2.75, 3.05) is 18.4 Å². The Labute approximate surface area is 114 Å². The van der Waals surface area contributed by atoms with Gasteiger partial charge in [0.2, 0.25) is 0 Å². The first-order valence-electron chi connectivity index (χ1n) is 6.74. The summed E-state index contributed by atoms with van der Waals surface area (Å²) in [6, 6.07) is 6.02. The van der Waals surface area contributed by atoms with E-state index >= 15 is 0 Å². The Kier molecular flexibility index (Phi) is 4.10. The number of amides is 2. The number of morpholine rings is 1. The first-order chi connectivity index (χ1) is 8.95. The Morgan fingerprint density at radius 2 is 1.89 bits per heavy atom. The lowest BCUT2D eigenvalue weighted by molar-refractivity contribution is -0.0530. The first-order valence-corrected chi connectivity index (χ1v) is 6.74. The minimum absolute atomic E-state index is 0.0456. The second-order valence-corrected chi connectivity index (χ2v) is 5.41. The number of carbonyl (C=O) groups excluding carboxylic acids is 1. The number of nitrogens with zero attached hydrogens (tertiary/aromatic N) is 1. The molecule has 0 radical (unpaired) electrons. The fraction of sp³-hybridized carbons (Fsp3) is 0.533. The highest BCUT2D eigenvalue weighted by molar-refractivity contribution is 5.90. The molecule has 0 saturated carbocycles. The number of ether oxygens (including phenoxy) is 1. The third kappa shape index (κ3) is 3.47.